The number of halogens is 4. The van der Waals surface area contributed by atoms with Crippen LogP contribution in [-0.2, 0) is 17.9 Å². The first kappa shape index (κ1) is 26.0. The number of alkyl halides is 3. The first-order valence-corrected chi connectivity index (χ1v) is 11.3. The summed E-state index contributed by atoms with van der Waals surface area (Å²) in [6, 6.07) is 9.26. The Bertz CT molecular complexity index is 1460. The zero-order chi connectivity index (χ0) is 26.7. The summed E-state index contributed by atoms with van der Waals surface area (Å²) in [5.41, 5.74) is -0.169. The Morgan fingerprint density at radius 2 is 1.89 bits per heavy atom. The van der Waals surface area contributed by atoms with Crippen LogP contribution in [0.15, 0.2) is 53.7 Å². The Kier molecular flexibility index (Phi) is 7.40. The Morgan fingerprint density at radius 1 is 1.16 bits per heavy atom. The van der Waals surface area contributed by atoms with Gasteiger partial charge in [-0.15, -0.1) is 10.2 Å². The summed E-state index contributed by atoms with van der Waals surface area (Å²) < 4.78 is 42.1. The first-order valence-electron chi connectivity index (χ1n) is 10.9. The largest absolute Gasteiger partial charge is 0.416 e. The lowest BCUT2D eigenvalue weighted by atomic mass is 10.2. The molecule has 4 aromatic rings. The molecule has 0 bridgehead atoms. The van der Waals surface area contributed by atoms with Gasteiger partial charge in [0.05, 0.1) is 6.54 Å². The van der Waals surface area contributed by atoms with Crippen LogP contribution in [0.25, 0.3) is 17.1 Å². The molecular weight excluding hydrogens is 517 g/mol. The van der Waals surface area contributed by atoms with Crippen molar-refractivity contribution in [2.75, 3.05) is 5.32 Å². The Morgan fingerprint density at radius 3 is 2.57 bits per heavy atom. The van der Waals surface area contributed by atoms with E-state index >= 15 is 0 Å². The summed E-state index contributed by atoms with van der Waals surface area (Å²) in [5.74, 6) is 0.00943. The molecule has 0 spiro atoms. The monoisotopic (exact) mass is 536 g/mol. The quantitative estimate of drug-likeness (QED) is 0.354. The number of rotatable bonds is 8. The van der Waals surface area contributed by atoms with E-state index in [0.29, 0.717) is 16.3 Å². The van der Waals surface area contributed by atoms with Crippen molar-refractivity contribution >= 4 is 23.3 Å². The van der Waals surface area contributed by atoms with Gasteiger partial charge in [0, 0.05) is 23.2 Å². The third-order valence-electron chi connectivity index (χ3n) is 5.20. The number of carbonyl (C=O) groups is 1. The molecule has 2 N–H and O–H groups in total. The van der Waals surface area contributed by atoms with E-state index in [4.69, 9.17) is 11.6 Å². The van der Waals surface area contributed by atoms with Crippen LogP contribution in [0, 0.1) is 0 Å². The molecule has 15 heteroatoms. The van der Waals surface area contributed by atoms with Crippen LogP contribution in [-0.4, -0.2) is 57.4 Å². The Balaban J connectivity index is 1.68. The van der Waals surface area contributed by atoms with Crippen molar-refractivity contribution in [3.8, 4) is 17.1 Å². The number of nitrogens with zero attached hydrogens (tertiary/aromatic N) is 7. The van der Waals surface area contributed by atoms with Gasteiger partial charge in [-0.2, -0.15) is 13.2 Å². The maximum Gasteiger partial charge on any atom is 0.416 e. The minimum absolute atomic E-state index is 0.0961. The van der Waals surface area contributed by atoms with Gasteiger partial charge in [-0.25, -0.2) is 24.1 Å². The van der Waals surface area contributed by atoms with Gasteiger partial charge in [0.1, 0.15) is 18.6 Å². The van der Waals surface area contributed by atoms with Gasteiger partial charge >= 0.3 is 11.9 Å². The highest BCUT2D eigenvalue weighted by Gasteiger charge is 2.39. The van der Waals surface area contributed by atoms with Crippen molar-refractivity contribution in [2.45, 2.75) is 38.7 Å². The summed E-state index contributed by atoms with van der Waals surface area (Å²) >= 11 is 5.90. The second-order valence-electron chi connectivity index (χ2n) is 7.82. The van der Waals surface area contributed by atoms with E-state index < -0.39 is 24.5 Å². The van der Waals surface area contributed by atoms with Crippen LogP contribution < -0.4 is 11.0 Å². The first-order chi connectivity index (χ1) is 17.6. The molecule has 11 nitrogen and oxygen atoms in total. The molecule has 0 aliphatic heterocycles. The van der Waals surface area contributed by atoms with Crippen molar-refractivity contribution in [1.82, 2.24) is 34.1 Å². The fourth-order valence-electron chi connectivity index (χ4n) is 3.32. The van der Waals surface area contributed by atoms with Crippen molar-refractivity contribution in [1.29, 1.82) is 0 Å². The number of aliphatic hydroxyl groups excluding tert-OH is 1. The number of hydrogen-bond acceptors (Lipinski definition) is 7. The predicted octanol–water partition coefficient (Wildman–Crippen LogP) is 2.66. The summed E-state index contributed by atoms with van der Waals surface area (Å²) in [5, 5.41) is 21.1. The smallest absolute Gasteiger partial charge is 0.382 e. The van der Waals surface area contributed by atoms with Crippen LogP contribution in [0.4, 0.5) is 19.0 Å². The van der Waals surface area contributed by atoms with Crippen molar-refractivity contribution in [3.63, 3.8) is 0 Å². The number of hydrogen-bond donors (Lipinski definition) is 2. The van der Waals surface area contributed by atoms with Crippen LogP contribution >= 0.6 is 11.6 Å². The summed E-state index contributed by atoms with van der Waals surface area (Å²) in [4.78, 5) is 33.1. The molecule has 3 aromatic heterocycles. The molecule has 0 fully saturated rings. The molecule has 0 radical (unpaired) electrons. The van der Waals surface area contributed by atoms with Crippen LogP contribution in [0.1, 0.15) is 19.2 Å². The molecule has 1 amide bonds. The molecule has 194 valence electrons. The summed E-state index contributed by atoms with van der Waals surface area (Å²) in [6.45, 7) is 0.352. The number of amides is 1. The molecule has 0 saturated heterocycles. The molecule has 1 atom stereocenters. The molecule has 1 aromatic carbocycles. The van der Waals surface area contributed by atoms with Gasteiger partial charge < -0.3 is 10.4 Å². The lowest BCUT2D eigenvalue weighted by molar-refractivity contribution is -0.207. The van der Waals surface area contributed by atoms with Gasteiger partial charge in [-0.1, -0.05) is 18.5 Å². The van der Waals surface area contributed by atoms with E-state index in [1.165, 1.54) is 41.5 Å². The molecule has 0 unspecified atom stereocenters. The molecule has 0 aliphatic rings. The van der Waals surface area contributed by atoms with E-state index in [2.05, 4.69) is 25.5 Å². The highest BCUT2D eigenvalue weighted by Crippen LogP contribution is 2.24. The zero-order valence-electron chi connectivity index (χ0n) is 19.2. The topological polar surface area (TPSA) is 133 Å². The molecule has 4 rings (SSSR count). The third kappa shape index (κ3) is 5.86. The Hall–Kier alpha value is -4.04. The number of nitrogens with one attached hydrogen (secondary N) is 1. The minimum Gasteiger partial charge on any atom is -0.382 e. The average Bonchev–Trinajstić information content (AvgIpc) is 3.44. The second-order valence-corrected chi connectivity index (χ2v) is 8.25. The number of aliphatic hydroxyl groups is 1. The SMILES string of the molecule is CCC(=O)Nc1ncccc1-n1cnc(Cn2nc(-c3ccc(Cl)cc3)n(C[C@H](O)C(F)(F)F)c2=O)n1. The fourth-order valence-corrected chi connectivity index (χ4v) is 3.44. The lowest BCUT2D eigenvalue weighted by Crippen LogP contribution is -2.37. The summed E-state index contributed by atoms with van der Waals surface area (Å²) in [6.07, 6.45) is -4.65. The fraction of sp³-hybridized carbons (Fsp3) is 0.273. The van der Waals surface area contributed by atoms with Crippen LogP contribution in [0.5, 0.6) is 0 Å². The number of benzene rings is 1. The predicted molar refractivity (Wildman–Crippen MR) is 126 cm³/mol. The van der Waals surface area contributed by atoms with Gasteiger partial charge in [-0.05, 0) is 36.4 Å². The molecule has 0 aliphatic carbocycles. The molecule has 3 heterocycles. The van der Waals surface area contributed by atoms with Gasteiger partial charge in [-0.3, -0.25) is 9.36 Å². The number of anilines is 1. The van der Waals surface area contributed by atoms with Gasteiger partial charge in [0.2, 0.25) is 5.91 Å². The number of carbonyl (C=O) groups excluding carboxylic acids is 1. The van der Waals surface area contributed by atoms with E-state index in [9.17, 15) is 27.9 Å². The van der Waals surface area contributed by atoms with Gasteiger partial charge in [0.15, 0.2) is 23.6 Å². The minimum atomic E-state index is -4.94. The highest BCUT2D eigenvalue weighted by atomic mass is 35.5. The van der Waals surface area contributed by atoms with E-state index in [-0.39, 0.29) is 36.3 Å². The van der Waals surface area contributed by atoms with Crippen LogP contribution in [0.2, 0.25) is 5.02 Å². The van der Waals surface area contributed by atoms with E-state index in [1.54, 1.807) is 19.1 Å². The van der Waals surface area contributed by atoms with E-state index in [0.717, 1.165) is 9.25 Å². The van der Waals surface area contributed by atoms with Crippen molar-refractivity contribution in [2.24, 2.45) is 0 Å². The third-order valence-corrected chi connectivity index (χ3v) is 5.45. The second kappa shape index (κ2) is 10.5. The molecule has 0 saturated carbocycles. The number of pyridine rings is 1. The lowest BCUT2D eigenvalue weighted by Gasteiger charge is -2.15. The maximum atomic E-state index is 13.0. The standard InChI is InChI=1S/C22H20ClF3N8O3/c1-2-18(36)29-19-15(4-3-9-27-19)34-12-28-17(30-34)11-33-21(37)32(10-16(35)22(24,25)26)20(31-33)13-5-7-14(23)8-6-13/h3-9,12,16,35H,2,10-11H2,1H3,(H,27,29,36)/t16-/m0/s1. The summed E-state index contributed by atoms with van der Waals surface area (Å²) in [7, 11) is 0. The Labute approximate surface area is 212 Å². The highest BCUT2D eigenvalue weighted by molar-refractivity contribution is 6.30. The van der Waals surface area contributed by atoms with Crippen molar-refractivity contribution < 1.29 is 23.1 Å². The maximum absolute atomic E-state index is 13.0. The van der Waals surface area contributed by atoms with Crippen LogP contribution in [0.3, 0.4) is 0 Å². The van der Waals surface area contributed by atoms with Crippen molar-refractivity contribution in [3.05, 3.63) is 70.3 Å². The number of aromatic nitrogens is 7. The molecule has 37 heavy (non-hydrogen) atoms. The average molecular weight is 537 g/mol. The zero-order valence-corrected chi connectivity index (χ0v) is 20.0. The normalized spacial score (nSPS) is 12.5. The van der Waals surface area contributed by atoms with E-state index in [1.807, 2.05) is 0 Å². The van der Waals surface area contributed by atoms with Gasteiger partial charge in [0.25, 0.3) is 0 Å². The molecular formula is C22H20ClF3N8O3.